The fraction of sp³-hybridized carbons (Fsp3) is 0.653. The van der Waals surface area contributed by atoms with Gasteiger partial charge in [0.2, 0.25) is 47.3 Å². The van der Waals surface area contributed by atoms with E-state index in [1.165, 1.54) is 6.92 Å². The average Bonchev–Trinajstić information content (AvgIpc) is 3.30. The van der Waals surface area contributed by atoms with Crippen LogP contribution in [0.25, 0.3) is 0 Å². The zero-order chi connectivity index (χ0) is 56.4. The third kappa shape index (κ3) is 25.2. The van der Waals surface area contributed by atoms with Crippen LogP contribution >= 0.6 is 0 Å². The molecule has 17 N–H and O–H groups in total. The number of aliphatic imine (C=N–C) groups is 1. The Balaban J connectivity index is 3.36. The number of aliphatic hydroxyl groups excluding tert-OH is 1. The first-order valence-electron chi connectivity index (χ1n) is 24.9. The highest BCUT2D eigenvalue weighted by Gasteiger charge is 2.36. The lowest BCUT2D eigenvalue weighted by molar-refractivity contribution is -0.145. The molecule has 74 heavy (non-hydrogen) atoms. The van der Waals surface area contributed by atoms with Gasteiger partial charge in [-0.3, -0.25) is 48.1 Å². The number of hydrogen-bond acceptors (Lipinski definition) is 13. The molecule has 1 aromatic rings. The van der Waals surface area contributed by atoms with Gasteiger partial charge in [-0.25, -0.2) is 4.79 Å². The van der Waals surface area contributed by atoms with Crippen molar-refractivity contribution in [3.05, 3.63) is 35.9 Å². The predicted molar refractivity (Wildman–Crippen MR) is 274 cm³/mol. The van der Waals surface area contributed by atoms with Crippen LogP contribution in [-0.4, -0.2) is 148 Å². The zero-order valence-corrected chi connectivity index (χ0v) is 44.1. The number of hydrogen-bond donors (Lipinski definition) is 14. The number of carboxylic acids is 2. The van der Waals surface area contributed by atoms with Gasteiger partial charge in [0.05, 0.1) is 25.1 Å². The summed E-state index contributed by atoms with van der Waals surface area (Å²) in [5, 5.41) is 49.3. The summed E-state index contributed by atoms with van der Waals surface area (Å²) < 4.78 is 0. The first kappa shape index (κ1) is 65.1. The van der Waals surface area contributed by atoms with E-state index in [0.29, 0.717) is 18.4 Å². The molecule has 0 unspecified atom stereocenters. The number of aliphatic hydroxyl groups is 1. The molecule has 0 aliphatic rings. The molecule has 1 aromatic carbocycles. The lowest BCUT2D eigenvalue weighted by Crippen LogP contribution is -2.61. The molecule has 0 aliphatic carbocycles. The lowest BCUT2D eigenvalue weighted by Gasteiger charge is -2.29. The van der Waals surface area contributed by atoms with Crippen LogP contribution in [0.3, 0.4) is 0 Å². The molecule has 0 saturated carbocycles. The average molecular weight is 1050 g/mol. The Morgan fingerprint density at radius 3 is 1.51 bits per heavy atom. The molecule has 0 radical (unpaired) electrons. The molecule has 416 valence electrons. The van der Waals surface area contributed by atoms with Crippen molar-refractivity contribution in [3.63, 3.8) is 0 Å². The second kappa shape index (κ2) is 33.0. The van der Waals surface area contributed by atoms with Gasteiger partial charge in [0.1, 0.15) is 36.3 Å². The monoisotopic (exact) mass is 1050 g/mol. The van der Waals surface area contributed by atoms with Crippen molar-refractivity contribution < 1.29 is 63.3 Å². The van der Waals surface area contributed by atoms with Crippen LogP contribution in [0.2, 0.25) is 0 Å². The highest BCUT2D eigenvalue weighted by atomic mass is 16.4. The van der Waals surface area contributed by atoms with Crippen LogP contribution in [0.4, 0.5) is 0 Å². The normalized spacial score (nSPS) is 15.3. The van der Waals surface area contributed by atoms with Gasteiger partial charge in [0.15, 0.2) is 12.0 Å². The Kier molecular flexibility index (Phi) is 29.1. The number of guanidine groups is 1. The molecule has 25 nitrogen and oxygen atoms in total. The Morgan fingerprint density at radius 2 is 1.04 bits per heavy atom. The number of nitrogens with one attached hydrogen (secondary N) is 8. The van der Waals surface area contributed by atoms with Crippen LogP contribution in [0, 0.1) is 23.7 Å². The smallest absolute Gasteiger partial charge is 0.328 e. The Labute approximate surface area is 432 Å². The summed E-state index contributed by atoms with van der Waals surface area (Å²) in [4.78, 5) is 137. The largest absolute Gasteiger partial charge is 0.481 e. The summed E-state index contributed by atoms with van der Waals surface area (Å²) in [5.41, 5.74) is 17.3. The second-order valence-electron chi connectivity index (χ2n) is 19.8. The Morgan fingerprint density at radius 1 is 0.581 bits per heavy atom. The topological polar surface area (TPSA) is 418 Å². The molecule has 0 saturated heterocycles. The van der Waals surface area contributed by atoms with Gasteiger partial charge in [-0.15, -0.1) is 0 Å². The van der Waals surface area contributed by atoms with Crippen LogP contribution in [-0.2, 0) is 54.4 Å². The van der Waals surface area contributed by atoms with Gasteiger partial charge >= 0.3 is 11.9 Å². The van der Waals surface area contributed by atoms with E-state index in [1.54, 1.807) is 58.0 Å². The summed E-state index contributed by atoms with van der Waals surface area (Å²) in [6.07, 6.45) is -1.36. The molecule has 0 aromatic heterocycles. The minimum Gasteiger partial charge on any atom is -0.481 e. The van der Waals surface area contributed by atoms with Crippen molar-refractivity contribution in [3.8, 4) is 0 Å². The minimum atomic E-state index is -1.82. The van der Waals surface area contributed by atoms with Crippen LogP contribution in [0.15, 0.2) is 35.3 Å². The number of carbonyl (C=O) groups excluding carboxylic acids is 8. The standard InChI is InChI=1S/C49H82N12O13/c1-10-28(8)39(47(72)61-40(29(9)62)48(73)74)60-46(71)34(21-27(6)7)58-45(70)36(23-38(64)65)59-44(69)35(22-30-15-12-11-13-16-30)55-37(63)24-54-42(67)32(19-25(2)3)57-43(68)33(20-26(4)5)56-41(66)31(50)17-14-18-53-49(51)52/h11-13,15-16,25-29,31-36,39-40,62H,10,14,17-24,50H2,1-9H3,(H,54,67)(H,55,63)(H,56,66)(H,57,68)(H,58,70)(H,59,69)(H,60,71)(H,61,72)(H,64,65)(H,73,74)(H4,51,52,53)/t28-,29+,31-,32-,33-,34-,35-,36-,39-,40-/m0/s1. The fourth-order valence-electron chi connectivity index (χ4n) is 7.42. The van der Waals surface area contributed by atoms with Crippen molar-refractivity contribution in [1.82, 2.24) is 42.5 Å². The van der Waals surface area contributed by atoms with Crippen LogP contribution in [0.1, 0.15) is 113 Å². The van der Waals surface area contributed by atoms with Crippen LogP contribution in [0.5, 0.6) is 0 Å². The van der Waals surface area contributed by atoms with E-state index in [0.717, 1.165) is 0 Å². The fourth-order valence-corrected chi connectivity index (χ4v) is 7.42. The van der Waals surface area contributed by atoms with Gasteiger partial charge in [0.25, 0.3) is 0 Å². The first-order valence-corrected chi connectivity index (χ1v) is 24.9. The Bertz CT molecular complexity index is 2070. The van der Waals surface area contributed by atoms with Gasteiger partial charge in [0, 0.05) is 13.0 Å². The highest BCUT2D eigenvalue weighted by molar-refractivity contribution is 5.98. The predicted octanol–water partition coefficient (Wildman–Crippen LogP) is -1.76. The van der Waals surface area contributed by atoms with Gasteiger partial charge in [-0.2, -0.15) is 0 Å². The number of carboxylic acid groups (broad SMARTS) is 2. The number of benzene rings is 1. The number of amides is 8. The third-order valence-corrected chi connectivity index (χ3v) is 11.5. The number of nitrogens with zero attached hydrogens (tertiary/aromatic N) is 1. The summed E-state index contributed by atoms with van der Waals surface area (Å²) >= 11 is 0. The molecule has 8 amide bonds. The van der Waals surface area contributed by atoms with E-state index in [1.807, 2.05) is 27.7 Å². The van der Waals surface area contributed by atoms with Crippen molar-refractivity contribution in [2.24, 2.45) is 45.9 Å². The van der Waals surface area contributed by atoms with Crippen LogP contribution < -0.4 is 59.7 Å². The Hall–Kier alpha value is -6.89. The summed E-state index contributed by atoms with van der Waals surface area (Å²) in [7, 11) is 0. The van der Waals surface area contributed by atoms with Crippen molar-refractivity contribution in [2.45, 2.75) is 168 Å². The molecule has 10 atom stereocenters. The minimum absolute atomic E-state index is 0.0286. The molecule has 0 bridgehead atoms. The highest BCUT2D eigenvalue weighted by Crippen LogP contribution is 2.14. The molecule has 25 heteroatoms. The lowest BCUT2D eigenvalue weighted by atomic mass is 9.96. The van der Waals surface area contributed by atoms with E-state index in [2.05, 4.69) is 47.5 Å². The zero-order valence-electron chi connectivity index (χ0n) is 44.1. The number of aliphatic carboxylic acids is 2. The summed E-state index contributed by atoms with van der Waals surface area (Å²) in [6, 6.07) is -2.56. The van der Waals surface area contributed by atoms with E-state index >= 15 is 0 Å². The van der Waals surface area contributed by atoms with Crippen molar-refractivity contribution >= 4 is 65.2 Å². The maximum atomic E-state index is 14.1. The summed E-state index contributed by atoms with van der Waals surface area (Å²) in [6.45, 7) is 14.8. The van der Waals surface area contributed by atoms with Gasteiger partial charge < -0.3 is 75.1 Å². The van der Waals surface area contributed by atoms with Crippen molar-refractivity contribution in [2.75, 3.05) is 13.1 Å². The van der Waals surface area contributed by atoms with E-state index in [-0.39, 0.29) is 62.4 Å². The number of carbonyl (C=O) groups is 10. The molecule has 0 aliphatic heterocycles. The molecule has 0 heterocycles. The third-order valence-electron chi connectivity index (χ3n) is 11.5. The van der Waals surface area contributed by atoms with Gasteiger partial charge in [-0.1, -0.05) is 92.1 Å². The van der Waals surface area contributed by atoms with E-state index < -0.39 is 133 Å². The second-order valence-corrected chi connectivity index (χ2v) is 19.8. The number of nitrogens with two attached hydrogens (primary N) is 3. The maximum Gasteiger partial charge on any atom is 0.328 e. The molecule has 0 fully saturated rings. The molecular formula is C49H82N12O13. The quantitative estimate of drug-likeness (QED) is 0.0207. The van der Waals surface area contributed by atoms with E-state index in [4.69, 9.17) is 17.2 Å². The first-order chi connectivity index (χ1) is 34.6. The van der Waals surface area contributed by atoms with E-state index in [9.17, 15) is 63.3 Å². The molecular weight excluding hydrogens is 965 g/mol. The number of rotatable bonds is 34. The van der Waals surface area contributed by atoms with Gasteiger partial charge in [-0.05, 0) is 68.3 Å². The SMILES string of the molecule is CC[C@H](C)[C@H](NC(=O)[C@H](CC(C)C)NC(=O)[C@H](CC(=O)O)NC(=O)[C@H](Cc1ccccc1)NC(=O)CNC(=O)[C@H](CC(C)C)NC(=O)[C@H](CC(C)C)NC(=O)[C@@H](N)CCCN=C(N)N)C(=O)N[C@H](C(=O)O)[C@@H](C)O. The van der Waals surface area contributed by atoms with Crippen molar-refractivity contribution in [1.29, 1.82) is 0 Å². The summed E-state index contributed by atoms with van der Waals surface area (Å²) in [5.74, 6) is -10.9. The maximum absolute atomic E-state index is 14.1. The molecule has 0 spiro atoms. The molecule has 1 rings (SSSR count).